The number of nitrogens with zero attached hydrogens (tertiary/aromatic N) is 1. The standard InChI is InChI=1S/C17H16Cl2N2O3/c1-23-9-10-24-17-15(3-2-8-20-17)21-16(22)7-4-12-11-13(18)5-6-14(12)19/h2-8,11H,9-10H2,1H3,(H,21,22)/b7-4+. The Morgan fingerprint density at radius 1 is 1.29 bits per heavy atom. The van der Waals surface area contributed by atoms with Gasteiger partial charge in [0.15, 0.2) is 0 Å². The van der Waals surface area contributed by atoms with Gasteiger partial charge in [0.25, 0.3) is 0 Å². The molecule has 1 aromatic heterocycles. The first-order valence-corrected chi connectivity index (χ1v) is 7.86. The van der Waals surface area contributed by atoms with E-state index in [4.69, 9.17) is 32.7 Å². The number of benzene rings is 1. The van der Waals surface area contributed by atoms with Crippen LogP contribution in [-0.4, -0.2) is 31.2 Å². The Kier molecular flexibility index (Phi) is 7.06. The number of carbonyl (C=O) groups is 1. The van der Waals surface area contributed by atoms with Crippen LogP contribution in [0.15, 0.2) is 42.6 Å². The minimum Gasteiger partial charge on any atom is -0.474 e. The normalized spacial score (nSPS) is 10.8. The van der Waals surface area contributed by atoms with Crippen LogP contribution in [0.4, 0.5) is 5.69 Å². The van der Waals surface area contributed by atoms with Crippen LogP contribution < -0.4 is 10.1 Å². The van der Waals surface area contributed by atoms with E-state index in [0.717, 1.165) is 0 Å². The van der Waals surface area contributed by atoms with Gasteiger partial charge in [0, 0.05) is 29.4 Å². The molecule has 1 N–H and O–H groups in total. The van der Waals surface area contributed by atoms with Crippen molar-refractivity contribution in [3.8, 4) is 5.88 Å². The molecule has 0 saturated heterocycles. The Morgan fingerprint density at radius 3 is 2.92 bits per heavy atom. The number of pyridine rings is 1. The molecule has 0 aliphatic rings. The maximum atomic E-state index is 12.1. The van der Waals surface area contributed by atoms with E-state index in [-0.39, 0.29) is 5.91 Å². The monoisotopic (exact) mass is 366 g/mol. The van der Waals surface area contributed by atoms with Crippen molar-refractivity contribution < 1.29 is 14.3 Å². The van der Waals surface area contributed by atoms with E-state index in [9.17, 15) is 4.79 Å². The molecule has 1 amide bonds. The Hall–Kier alpha value is -2.08. The molecule has 126 valence electrons. The van der Waals surface area contributed by atoms with Gasteiger partial charge in [0.05, 0.1) is 6.61 Å². The molecule has 5 nitrogen and oxygen atoms in total. The Morgan fingerprint density at radius 2 is 2.12 bits per heavy atom. The summed E-state index contributed by atoms with van der Waals surface area (Å²) in [5.74, 6) is -0.00674. The zero-order valence-corrected chi connectivity index (χ0v) is 14.5. The van der Waals surface area contributed by atoms with Gasteiger partial charge in [0.1, 0.15) is 12.3 Å². The summed E-state index contributed by atoms with van der Waals surface area (Å²) in [5.41, 5.74) is 1.13. The van der Waals surface area contributed by atoms with Gasteiger partial charge in [-0.25, -0.2) is 4.98 Å². The van der Waals surface area contributed by atoms with Crippen LogP contribution in [0.3, 0.4) is 0 Å². The van der Waals surface area contributed by atoms with Crippen molar-refractivity contribution in [3.05, 3.63) is 58.2 Å². The number of carbonyl (C=O) groups excluding carboxylic acids is 1. The highest BCUT2D eigenvalue weighted by atomic mass is 35.5. The van der Waals surface area contributed by atoms with Gasteiger partial charge in [0.2, 0.25) is 11.8 Å². The van der Waals surface area contributed by atoms with Crippen molar-refractivity contribution in [2.75, 3.05) is 25.6 Å². The number of hydrogen-bond donors (Lipinski definition) is 1. The van der Waals surface area contributed by atoms with Crippen molar-refractivity contribution in [1.29, 1.82) is 0 Å². The van der Waals surface area contributed by atoms with E-state index < -0.39 is 0 Å². The summed E-state index contributed by atoms with van der Waals surface area (Å²) >= 11 is 12.0. The number of halogens is 2. The largest absolute Gasteiger partial charge is 0.474 e. The minimum atomic E-state index is -0.337. The molecule has 1 aromatic carbocycles. The topological polar surface area (TPSA) is 60.5 Å². The Labute approximate surface area is 150 Å². The number of aromatic nitrogens is 1. The number of rotatable bonds is 7. The summed E-state index contributed by atoms with van der Waals surface area (Å²) in [6, 6.07) is 8.44. The third-order valence-electron chi connectivity index (χ3n) is 2.93. The van der Waals surface area contributed by atoms with E-state index in [1.54, 1.807) is 49.7 Å². The van der Waals surface area contributed by atoms with Crippen LogP contribution in [0.5, 0.6) is 5.88 Å². The number of nitrogens with one attached hydrogen (secondary N) is 1. The van der Waals surface area contributed by atoms with Crippen LogP contribution in [-0.2, 0) is 9.53 Å². The quantitative estimate of drug-likeness (QED) is 0.592. The summed E-state index contributed by atoms with van der Waals surface area (Å²) in [7, 11) is 1.58. The lowest BCUT2D eigenvalue weighted by Gasteiger charge is -2.09. The third-order valence-corrected chi connectivity index (χ3v) is 3.51. The molecule has 0 aliphatic heterocycles. The lowest BCUT2D eigenvalue weighted by atomic mass is 10.2. The molecule has 0 spiro atoms. The zero-order chi connectivity index (χ0) is 17.4. The van der Waals surface area contributed by atoms with Gasteiger partial charge < -0.3 is 14.8 Å². The fourth-order valence-electron chi connectivity index (χ4n) is 1.80. The fraction of sp³-hybridized carbons (Fsp3) is 0.176. The molecule has 1 heterocycles. The van der Waals surface area contributed by atoms with Crippen molar-refractivity contribution >= 4 is 40.9 Å². The van der Waals surface area contributed by atoms with Gasteiger partial charge >= 0.3 is 0 Å². The van der Waals surface area contributed by atoms with Crippen LogP contribution in [0.2, 0.25) is 10.0 Å². The maximum Gasteiger partial charge on any atom is 0.248 e. The minimum absolute atomic E-state index is 0.331. The average Bonchev–Trinajstić information content (AvgIpc) is 2.57. The van der Waals surface area contributed by atoms with Crippen LogP contribution in [0.1, 0.15) is 5.56 Å². The highest BCUT2D eigenvalue weighted by molar-refractivity contribution is 6.34. The lowest BCUT2D eigenvalue weighted by Crippen LogP contribution is -2.12. The van der Waals surface area contributed by atoms with E-state index in [1.807, 2.05) is 0 Å². The highest BCUT2D eigenvalue weighted by Crippen LogP contribution is 2.23. The van der Waals surface area contributed by atoms with E-state index in [2.05, 4.69) is 10.3 Å². The number of ether oxygens (including phenoxy) is 2. The lowest BCUT2D eigenvalue weighted by molar-refractivity contribution is -0.111. The predicted molar refractivity (Wildman–Crippen MR) is 95.7 cm³/mol. The van der Waals surface area contributed by atoms with Crippen molar-refractivity contribution in [2.45, 2.75) is 0 Å². The van der Waals surface area contributed by atoms with E-state index in [0.29, 0.717) is 40.4 Å². The van der Waals surface area contributed by atoms with E-state index >= 15 is 0 Å². The number of amides is 1. The number of methoxy groups -OCH3 is 1. The molecule has 0 atom stereocenters. The molecule has 7 heteroatoms. The summed E-state index contributed by atoms with van der Waals surface area (Å²) < 4.78 is 10.4. The van der Waals surface area contributed by atoms with E-state index in [1.165, 1.54) is 6.08 Å². The summed E-state index contributed by atoms with van der Waals surface area (Å²) in [6.45, 7) is 0.765. The molecule has 0 unspecified atom stereocenters. The van der Waals surface area contributed by atoms with Crippen LogP contribution in [0, 0.1) is 0 Å². The average molecular weight is 367 g/mol. The Balaban J connectivity index is 2.04. The first kappa shape index (κ1) is 18.3. The van der Waals surface area contributed by atoms with Gasteiger partial charge in [-0.15, -0.1) is 0 Å². The smallest absolute Gasteiger partial charge is 0.248 e. The molecule has 2 rings (SSSR count). The van der Waals surface area contributed by atoms with Gasteiger partial charge in [-0.1, -0.05) is 23.2 Å². The Bertz CT molecular complexity index is 736. The van der Waals surface area contributed by atoms with Crippen LogP contribution >= 0.6 is 23.2 Å². The van der Waals surface area contributed by atoms with Crippen molar-refractivity contribution in [2.24, 2.45) is 0 Å². The first-order valence-electron chi connectivity index (χ1n) is 7.11. The van der Waals surface area contributed by atoms with Gasteiger partial charge in [-0.3, -0.25) is 4.79 Å². The van der Waals surface area contributed by atoms with Crippen LogP contribution in [0.25, 0.3) is 6.08 Å². The predicted octanol–water partition coefficient (Wildman–Crippen LogP) is 4.07. The fourth-order valence-corrected chi connectivity index (χ4v) is 2.17. The SMILES string of the molecule is COCCOc1ncccc1NC(=O)/C=C/c1cc(Cl)ccc1Cl. The molecular formula is C17H16Cl2N2O3. The zero-order valence-electron chi connectivity index (χ0n) is 13.0. The van der Waals surface area contributed by atoms with Gasteiger partial charge in [-0.2, -0.15) is 0 Å². The first-order chi connectivity index (χ1) is 11.6. The second kappa shape index (κ2) is 9.27. The van der Waals surface area contributed by atoms with Crippen molar-refractivity contribution in [3.63, 3.8) is 0 Å². The summed E-state index contributed by atoms with van der Waals surface area (Å²) in [6.07, 6.45) is 4.54. The van der Waals surface area contributed by atoms with Crippen molar-refractivity contribution in [1.82, 2.24) is 4.98 Å². The molecular weight excluding hydrogens is 351 g/mol. The summed E-state index contributed by atoms with van der Waals surface area (Å²) in [4.78, 5) is 16.2. The molecule has 0 radical (unpaired) electrons. The third kappa shape index (κ3) is 5.53. The summed E-state index contributed by atoms with van der Waals surface area (Å²) in [5, 5.41) is 3.76. The molecule has 0 fully saturated rings. The highest BCUT2D eigenvalue weighted by Gasteiger charge is 2.07. The molecule has 0 aliphatic carbocycles. The molecule has 0 saturated carbocycles. The molecule has 2 aromatic rings. The second-order valence-corrected chi connectivity index (χ2v) is 5.53. The number of anilines is 1. The number of hydrogen-bond acceptors (Lipinski definition) is 4. The van der Waals surface area contributed by atoms with Gasteiger partial charge in [-0.05, 0) is 42.0 Å². The molecule has 24 heavy (non-hydrogen) atoms. The maximum absolute atomic E-state index is 12.1. The molecule has 0 bridgehead atoms. The second-order valence-electron chi connectivity index (χ2n) is 4.69.